The van der Waals surface area contributed by atoms with Crippen LogP contribution in [-0.2, 0) is 14.3 Å². The van der Waals surface area contributed by atoms with Crippen LogP contribution in [0.25, 0.3) is 11.1 Å². The second-order valence-corrected chi connectivity index (χ2v) is 9.33. The van der Waals surface area contributed by atoms with E-state index in [0.717, 1.165) is 12.8 Å². The maximum absolute atomic E-state index is 12.5. The van der Waals surface area contributed by atoms with Crippen molar-refractivity contribution in [2.24, 2.45) is 5.92 Å². The molecule has 34 heavy (non-hydrogen) atoms. The van der Waals surface area contributed by atoms with E-state index in [1.165, 1.54) is 22.3 Å². The Morgan fingerprint density at radius 3 is 2.21 bits per heavy atom. The number of ether oxygens (including phenoxy) is 1. The average molecular weight is 465 g/mol. The third kappa shape index (κ3) is 5.58. The lowest BCUT2D eigenvalue weighted by atomic mass is 9.93. The van der Waals surface area contributed by atoms with E-state index in [4.69, 9.17) is 9.84 Å². The lowest BCUT2D eigenvalue weighted by Gasteiger charge is -2.31. The molecule has 180 valence electrons. The predicted molar refractivity (Wildman–Crippen MR) is 128 cm³/mol. The molecule has 1 unspecified atom stereocenters. The molecule has 2 amide bonds. The maximum atomic E-state index is 12.5. The van der Waals surface area contributed by atoms with Gasteiger partial charge < -0.3 is 20.1 Å². The van der Waals surface area contributed by atoms with Gasteiger partial charge in [0.2, 0.25) is 5.91 Å². The number of carbonyl (C=O) groups is 3. The number of likely N-dealkylation sites (tertiary alicyclic amines) is 1. The quantitative estimate of drug-likeness (QED) is 0.603. The number of nitrogens with zero attached hydrogens (tertiary/aromatic N) is 1. The Morgan fingerprint density at radius 2 is 1.62 bits per heavy atom. The summed E-state index contributed by atoms with van der Waals surface area (Å²) in [6.07, 6.45) is 2.02. The van der Waals surface area contributed by atoms with E-state index in [1.54, 1.807) is 4.90 Å². The number of hydrogen-bond acceptors (Lipinski definition) is 4. The Morgan fingerprint density at radius 1 is 1.03 bits per heavy atom. The summed E-state index contributed by atoms with van der Waals surface area (Å²) in [4.78, 5) is 37.6. The predicted octanol–water partition coefficient (Wildman–Crippen LogP) is 4.41. The van der Waals surface area contributed by atoms with Crippen molar-refractivity contribution in [1.82, 2.24) is 10.2 Å². The number of hydrogen-bond donors (Lipinski definition) is 2. The van der Waals surface area contributed by atoms with Crippen molar-refractivity contribution >= 4 is 18.0 Å². The van der Waals surface area contributed by atoms with Gasteiger partial charge in [0.05, 0.1) is 0 Å². The summed E-state index contributed by atoms with van der Waals surface area (Å²) in [6, 6.07) is 16.2. The average Bonchev–Trinajstić information content (AvgIpc) is 3.15. The third-order valence-corrected chi connectivity index (χ3v) is 6.93. The van der Waals surface area contributed by atoms with E-state index in [2.05, 4.69) is 29.6 Å². The van der Waals surface area contributed by atoms with Crippen LogP contribution in [0.1, 0.15) is 56.1 Å². The van der Waals surface area contributed by atoms with Crippen molar-refractivity contribution in [1.29, 1.82) is 0 Å². The molecule has 1 atom stereocenters. The third-order valence-electron chi connectivity index (χ3n) is 6.93. The molecule has 7 nitrogen and oxygen atoms in total. The zero-order chi connectivity index (χ0) is 24.1. The molecule has 4 rings (SSSR count). The smallest absolute Gasteiger partial charge is 0.407 e. The molecule has 0 bridgehead atoms. The molecule has 7 heteroatoms. The Bertz CT molecular complexity index is 999. The summed E-state index contributed by atoms with van der Waals surface area (Å²) in [5, 5.41) is 11.8. The molecular formula is C27H32N2O5. The molecule has 0 radical (unpaired) electrons. The molecule has 1 aliphatic carbocycles. The number of benzene rings is 2. The van der Waals surface area contributed by atoms with E-state index < -0.39 is 12.1 Å². The summed E-state index contributed by atoms with van der Waals surface area (Å²) in [7, 11) is 0. The summed E-state index contributed by atoms with van der Waals surface area (Å²) >= 11 is 0. The monoisotopic (exact) mass is 464 g/mol. The summed E-state index contributed by atoms with van der Waals surface area (Å²) < 4.78 is 5.58. The second-order valence-electron chi connectivity index (χ2n) is 9.33. The van der Waals surface area contributed by atoms with Gasteiger partial charge in [0.1, 0.15) is 6.61 Å². The fraction of sp³-hybridized carbons (Fsp3) is 0.444. The van der Waals surface area contributed by atoms with E-state index >= 15 is 0 Å². The minimum Gasteiger partial charge on any atom is -0.481 e. The first-order valence-corrected chi connectivity index (χ1v) is 12.0. The van der Waals surface area contributed by atoms with Crippen molar-refractivity contribution in [2.45, 2.75) is 51.0 Å². The van der Waals surface area contributed by atoms with Crippen LogP contribution in [0.15, 0.2) is 48.5 Å². The van der Waals surface area contributed by atoms with Gasteiger partial charge in [-0.05, 0) is 54.4 Å². The molecule has 0 aromatic heterocycles. The molecule has 1 aliphatic heterocycles. The summed E-state index contributed by atoms with van der Waals surface area (Å²) in [5.74, 6) is -0.567. The Labute approximate surface area is 200 Å². The normalized spacial score (nSPS) is 16.4. The van der Waals surface area contributed by atoms with E-state index in [9.17, 15) is 14.4 Å². The minimum atomic E-state index is -0.780. The van der Waals surface area contributed by atoms with Gasteiger partial charge >= 0.3 is 12.1 Å². The van der Waals surface area contributed by atoms with Crippen LogP contribution in [0.2, 0.25) is 0 Å². The van der Waals surface area contributed by atoms with Crippen LogP contribution < -0.4 is 5.32 Å². The molecule has 2 N–H and O–H groups in total. The largest absolute Gasteiger partial charge is 0.481 e. The van der Waals surface area contributed by atoms with Crippen molar-refractivity contribution < 1.29 is 24.2 Å². The number of piperidine rings is 1. The number of carbonyl (C=O) groups excluding carboxylic acids is 2. The molecular weight excluding hydrogens is 432 g/mol. The first-order valence-electron chi connectivity index (χ1n) is 12.0. The number of carboxylic acids is 1. The lowest BCUT2D eigenvalue weighted by Crippen LogP contribution is -2.40. The van der Waals surface area contributed by atoms with Crippen LogP contribution in [0, 0.1) is 5.92 Å². The van der Waals surface area contributed by atoms with E-state index in [-0.39, 0.29) is 36.8 Å². The minimum absolute atomic E-state index is 0.0130. The summed E-state index contributed by atoms with van der Waals surface area (Å²) in [6.45, 7) is 3.33. The Hall–Kier alpha value is -3.35. The number of fused-ring (bicyclic) bond motifs is 3. The maximum Gasteiger partial charge on any atom is 0.407 e. The number of nitrogens with one attached hydrogen (secondary N) is 1. The molecule has 2 aromatic rings. The lowest BCUT2D eigenvalue weighted by molar-refractivity contribution is -0.138. The highest BCUT2D eigenvalue weighted by molar-refractivity contribution is 5.79. The van der Waals surface area contributed by atoms with Crippen LogP contribution in [0.3, 0.4) is 0 Å². The Kier molecular flexibility index (Phi) is 7.50. The highest BCUT2D eigenvalue weighted by Crippen LogP contribution is 2.44. The van der Waals surface area contributed by atoms with E-state index in [1.807, 2.05) is 31.2 Å². The number of aliphatic carboxylic acids is 1. The molecule has 1 heterocycles. The molecule has 1 saturated heterocycles. The van der Waals surface area contributed by atoms with Gasteiger partial charge in [-0.2, -0.15) is 0 Å². The van der Waals surface area contributed by atoms with Gasteiger partial charge in [0.25, 0.3) is 0 Å². The number of rotatable bonds is 8. The molecule has 0 spiro atoms. The number of alkyl carbamates (subject to hydrolysis) is 1. The highest BCUT2D eigenvalue weighted by atomic mass is 16.5. The van der Waals surface area contributed by atoms with Gasteiger partial charge in [-0.15, -0.1) is 0 Å². The van der Waals surface area contributed by atoms with Crippen molar-refractivity contribution in [2.75, 3.05) is 19.7 Å². The summed E-state index contributed by atoms with van der Waals surface area (Å²) in [5.41, 5.74) is 4.71. The van der Waals surface area contributed by atoms with Crippen LogP contribution in [0.4, 0.5) is 4.79 Å². The van der Waals surface area contributed by atoms with E-state index in [0.29, 0.717) is 25.9 Å². The van der Waals surface area contributed by atoms with Crippen molar-refractivity contribution in [3.05, 3.63) is 59.7 Å². The van der Waals surface area contributed by atoms with Gasteiger partial charge in [-0.25, -0.2) is 4.79 Å². The van der Waals surface area contributed by atoms with Crippen LogP contribution >= 0.6 is 0 Å². The fourth-order valence-electron chi connectivity index (χ4n) is 5.04. The molecule has 0 saturated carbocycles. The standard InChI is InChI=1S/C27H32N2O5/c1-18(10-11-25(30)29-14-12-19(13-15-29)16-26(31)32)28-27(33)34-17-24-22-8-4-2-6-20(22)21-7-3-5-9-23(21)24/h2-9,18-19,24H,10-17H2,1H3,(H,28,33)(H,31,32). The van der Waals surface area contributed by atoms with Gasteiger partial charge in [-0.1, -0.05) is 48.5 Å². The van der Waals surface area contributed by atoms with Gasteiger partial charge in [0.15, 0.2) is 0 Å². The zero-order valence-electron chi connectivity index (χ0n) is 19.5. The first kappa shape index (κ1) is 23.8. The highest BCUT2D eigenvalue weighted by Gasteiger charge is 2.29. The first-order chi connectivity index (χ1) is 16.4. The SMILES string of the molecule is CC(CCC(=O)N1CCC(CC(=O)O)CC1)NC(=O)OCC1c2ccccc2-c2ccccc21. The van der Waals surface area contributed by atoms with Crippen molar-refractivity contribution in [3.63, 3.8) is 0 Å². The fourth-order valence-corrected chi connectivity index (χ4v) is 5.04. The molecule has 2 aromatic carbocycles. The number of carboxylic acid groups (broad SMARTS) is 1. The zero-order valence-corrected chi connectivity index (χ0v) is 19.5. The number of amides is 2. The van der Waals surface area contributed by atoms with Crippen LogP contribution in [0.5, 0.6) is 0 Å². The second kappa shape index (κ2) is 10.7. The Balaban J connectivity index is 1.21. The molecule has 1 fully saturated rings. The van der Waals surface area contributed by atoms with Gasteiger partial charge in [0, 0.05) is 37.9 Å². The van der Waals surface area contributed by atoms with Crippen LogP contribution in [-0.4, -0.2) is 53.7 Å². The molecule has 2 aliphatic rings. The van der Waals surface area contributed by atoms with Crippen molar-refractivity contribution in [3.8, 4) is 11.1 Å². The van der Waals surface area contributed by atoms with Gasteiger partial charge in [-0.3, -0.25) is 9.59 Å². The topological polar surface area (TPSA) is 95.9 Å².